The molecular formula is C38H48N6O8S2. The highest BCUT2D eigenvalue weighted by Gasteiger charge is 2.63. The summed E-state index contributed by atoms with van der Waals surface area (Å²) in [5.41, 5.74) is -0.743. The third kappa shape index (κ3) is 8.04. The van der Waals surface area contributed by atoms with E-state index in [4.69, 9.17) is 4.74 Å². The van der Waals surface area contributed by atoms with Crippen molar-refractivity contribution in [3.8, 4) is 11.3 Å². The normalized spacial score (nSPS) is 29.4. The number of hydrogen-bond acceptors (Lipinski definition) is 10. The van der Waals surface area contributed by atoms with Gasteiger partial charge in [-0.25, -0.2) is 18.2 Å². The number of rotatable bonds is 6. The number of alkyl carbamates (subject to hydrolysis) is 1. The topological polar surface area (TPSA) is 184 Å². The van der Waals surface area contributed by atoms with Crippen molar-refractivity contribution in [3.63, 3.8) is 0 Å². The number of hydrogen-bond donors (Lipinski definition) is 3. The van der Waals surface area contributed by atoms with Crippen molar-refractivity contribution in [2.45, 2.75) is 101 Å². The molecule has 1 aromatic carbocycles. The fraction of sp³-hybridized carbons (Fsp3) is 0.579. The summed E-state index contributed by atoms with van der Waals surface area (Å²) in [5.74, 6) is -3.33. The summed E-state index contributed by atoms with van der Waals surface area (Å²) < 4.78 is 33.5. The molecule has 5 aliphatic rings. The Bertz CT molecular complexity index is 1940. The second kappa shape index (κ2) is 14.7. The minimum atomic E-state index is -3.90. The maximum Gasteiger partial charge on any atom is 0.408 e. The molecule has 0 radical (unpaired) electrons. The van der Waals surface area contributed by atoms with Crippen LogP contribution in [0.5, 0.6) is 0 Å². The third-order valence-electron chi connectivity index (χ3n) is 10.9. The molecule has 290 valence electrons. The van der Waals surface area contributed by atoms with E-state index in [0.29, 0.717) is 42.8 Å². The number of allylic oxidation sites excluding steroid dienone is 1. The molecule has 54 heavy (non-hydrogen) atoms. The van der Waals surface area contributed by atoms with E-state index in [0.717, 1.165) is 18.4 Å². The maximum atomic E-state index is 14.6. The first kappa shape index (κ1) is 38.0. The fourth-order valence-corrected chi connectivity index (χ4v) is 10.1. The largest absolute Gasteiger partial charge is 0.444 e. The zero-order valence-electron chi connectivity index (χ0n) is 30.8. The molecule has 0 unspecified atom stereocenters. The molecular weight excluding hydrogens is 733 g/mol. The zero-order chi connectivity index (χ0) is 38.4. The third-order valence-corrected chi connectivity index (χ3v) is 13.6. The highest BCUT2D eigenvalue weighted by atomic mass is 32.2. The Morgan fingerprint density at radius 3 is 2.50 bits per heavy atom. The number of carbonyl (C=O) groups is 5. The van der Waals surface area contributed by atoms with Gasteiger partial charge < -0.3 is 25.2 Å². The van der Waals surface area contributed by atoms with Crippen molar-refractivity contribution in [1.82, 2.24) is 30.1 Å². The van der Waals surface area contributed by atoms with Gasteiger partial charge in [-0.2, -0.15) is 0 Å². The number of nitrogens with zero attached hydrogens (tertiary/aromatic N) is 3. The molecule has 2 aromatic rings. The van der Waals surface area contributed by atoms with Gasteiger partial charge in [0.25, 0.3) is 11.8 Å². The van der Waals surface area contributed by atoms with Gasteiger partial charge in [-0.3, -0.25) is 23.9 Å². The Kier molecular flexibility index (Phi) is 10.4. The van der Waals surface area contributed by atoms with Crippen LogP contribution in [0, 0.1) is 17.8 Å². The van der Waals surface area contributed by atoms with Crippen LogP contribution in [-0.2, 0) is 29.1 Å². The molecule has 0 bridgehead atoms. The van der Waals surface area contributed by atoms with Gasteiger partial charge in [-0.15, -0.1) is 11.3 Å². The lowest BCUT2D eigenvalue weighted by Crippen LogP contribution is -2.60. The Hall–Kier alpha value is -4.31. The van der Waals surface area contributed by atoms with E-state index in [9.17, 15) is 32.4 Å². The van der Waals surface area contributed by atoms with Crippen LogP contribution in [0.3, 0.4) is 0 Å². The van der Waals surface area contributed by atoms with Crippen LogP contribution in [0.2, 0.25) is 0 Å². The summed E-state index contributed by atoms with van der Waals surface area (Å²) in [7, 11) is -3.90. The van der Waals surface area contributed by atoms with Crippen molar-refractivity contribution in [2.24, 2.45) is 17.8 Å². The van der Waals surface area contributed by atoms with Gasteiger partial charge in [0.1, 0.15) is 23.2 Å². The lowest BCUT2D eigenvalue weighted by atomic mass is 9.93. The predicted octanol–water partition coefficient (Wildman–Crippen LogP) is 3.61. The van der Waals surface area contributed by atoms with Gasteiger partial charge in [0.15, 0.2) is 5.01 Å². The number of ether oxygens (including phenoxy) is 1. The molecule has 2 saturated carbocycles. The van der Waals surface area contributed by atoms with Crippen molar-refractivity contribution in [1.29, 1.82) is 0 Å². The number of thiazole rings is 1. The standard InChI is InChI=1S/C38H48N6O8S2/c1-37(2,3)52-36(49)40-28-15-11-6-4-5-10-14-25-18-38(25,35(48)42-54(50,51)26-16-17-26)41-31(45)30-27-21-43(19-24(27)20-44(30)33(28)46)34(47)32-39-29(22-53-32)23-12-8-7-9-13-23/h7-10,12-14,22,24-28,30H,4-6,11,15-21H2,1-3H3,(H,40,49)(H,41,45)(H,42,48)/b14-10-/t24-,25+,27-,28+,30-,38+/m0/s1. The molecule has 3 N–H and O–H groups in total. The minimum Gasteiger partial charge on any atom is -0.444 e. The van der Waals surface area contributed by atoms with Crippen LogP contribution < -0.4 is 15.4 Å². The first-order chi connectivity index (χ1) is 25.6. The van der Waals surface area contributed by atoms with Crippen molar-refractivity contribution < 1.29 is 37.1 Å². The van der Waals surface area contributed by atoms with Gasteiger partial charge in [0.05, 0.1) is 10.9 Å². The van der Waals surface area contributed by atoms with E-state index in [1.54, 1.807) is 25.7 Å². The number of fused-ring (bicyclic) bond motifs is 4. The molecule has 7 rings (SSSR count). The second-order valence-electron chi connectivity index (χ2n) is 16.2. The molecule has 3 aliphatic heterocycles. The smallest absolute Gasteiger partial charge is 0.408 e. The second-order valence-corrected chi connectivity index (χ2v) is 19.0. The number of benzene rings is 1. The molecule has 2 aliphatic carbocycles. The average Bonchev–Trinajstić information content (AvgIpc) is 3.93. The number of carbonyl (C=O) groups excluding carboxylic acids is 5. The van der Waals surface area contributed by atoms with Gasteiger partial charge in [-0.05, 0) is 59.3 Å². The number of nitrogens with one attached hydrogen (secondary N) is 3. The Morgan fingerprint density at radius 1 is 1.02 bits per heavy atom. The molecule has 1 aromatic heterocycles. The Labute approximate surface area is 319 Å². The van der Waals surface area contributed by atoms with E-state index in [1.165, 1.54) is 16.2 Å². The van der Waals surface area contributed by atoms with E-state index in [1.807, 2.05) is 47.9 Å². The van der Waals surface area contributed by atoms with Gasteiger partial charge in [0, 0.05) is 48.3 Å². The molecule has 6 atom stereocenters. The highest BCUT2D eigenvalue weighted by Crippen LogP contribution is 2.47. The van der Waals surface area contributed by atoms with E-state index in [2.05, 4.69) is 20.3 Å². The first-order valence-electron chi connectivity index (χ1n) is 18.8. The fourth-order valence-electron chi connectivity index (χ4n) is 7.94. The van der Waals surface area contributed by atoms with Crippen LogP contribution >= 0.6 is 11.3 Å². The number of amides is 5. The van der Waals surface area contributed by atoms with E-state index in [-0.39, 0.29) is 37.9 Å². The predicted molar refractivity (Wildman–Crippen MR) is 200 cm³/mol. The monoisotopic (exact) mass is 780 g/mol. The number of sulfonamides is 1. The van der Waals surface area contributed by atoms with Gasteiger partial charge in [-0.1, -0.05) is 55.3 Å². The van der Waals surface area contributed by atoms with Gasteiger partial charge in [0.2, 0.25) is 21.8 Å². The summed E-state index contributed by atoms with van der Waals surface area (Å²) in [6.07, 6.45) is 7.42. The zero-order valence-corrected chi connectivity index (χ0v) is 32.4. The van der Waals surface area contributed by atoms with E-state index < -0.39 is 74.1 Å². The number of likely N-dealkylation sites (tertiary alicyclic amines) is 1. The Balaban J connectivity index is 1.17. The summed E-state index contributed by atoms with van der Waals surface area (Å²) in [6.45, 7) is 5.77. The molecule has 16 heteroatoms. The average molecular weight is 781 g/mol. The van der Waals surface area contributed by atoms with Crippen LogP contribution in [0.4, 0.5) is 4.79 Å². The quantitative estimate of drug-likeness (QED) is 0.369. The van der Waals surface area contributed by atoms with Gasteiger partial charge >= 0.3 is 6.09 Å². The van der Waals surface area contributed by atoms with Crippen LogP contribution in [0.15, 0.2) is 47.9 Å². The van der Waals surface area contributed by atoms with Crippen molar-refractivity contribution in [3.05, 3.63) is 52.9 Å². The van der Waals surface area contributed by atoms with Crippen LogP contribution in [-0.4, -0.2) is 101 Å². The molecule has 5 amide bonds. The number of aromatic nitrogens is 1. The first-order valence-corrected chi connectivity index (χ1v) is 21.2. The summed E-state index contributed by atoms with van der Waals surface area (Å²) >= 11 is 1.24. The summed E-state index contributed by atoms with van der Waals surface area (Å²) in [5, 5.41) is 7.19. The minimum absolute atomic E-state index is 0.142. The molecule has 14 nitrogen and oxygen atoms in total. The summed E-state index contributed by atoms with van der Waals surface area (Å²) in [6, 6.07) is 7.47. The molecule has 4 heterocycles. The van der Waals surface area contributed by atoms with Crippen molar-refractivity contribution in [2.75, 3.05) is 19.6 Å². The van der Waals surface area contributed by atoms with Crippen LogP contribution in [0.25, 0.3) is 11.3 Å². The maximum absolute atomic E-state index is 14.6. The Morgan fingerprint density at radius 2 is 1.78 bits per heavy atom. The van der Waals surface area contributed by atoms with E-state index >= 15 is 0 Å². The lowest BCUT2D eigenvalue weighted by molar-refractivity contribution is -0.142. The highest BCUT2D eigenvalue weighted by molar-refractivity contribution is 7.91. The van der Waals surface area contributed by atoms with Crippen molar-refractivity contribution >= 4 is 51.1 Å². The molecule has 2 saturated heterocycles. The molecule has 0 spiro atoms. The summed E-state index contributed by atoms with van der Waals surface area (Å²) in [4.78, 5) is 77.5. The molecule has 4 fully saturated rings. The lowest BCUT2D eigenvalue weighted by Gasteiger charge is -2.33. The SMILES string of the molecule is CC(C)(C)OC(=O)N[C@@H]1CCCCC/C=C\[C@@H]2C[C@@]2(C(=O)NS(=O)(=O)C2CC2)NC(=O)[C@@H]2[C@H]3CN(C(=O)c4nc(-c5ccccc5)cs4)C[C@H]3CN2C1=O. The van der Waals surface area contributed by atoms with Crippen LogP contribution in [0.1, 0.15) is 81.9 Å².